The maximum atomic E-state index is 3.97. The first kappa shape index (κ1) is 10.9. The molecule has 2 aromatic carbocycles. The van der Waals surface area contributed by atoms with E-state index in [1.54, 1.807) is 0 Å². The molecule has 0 fully saturated rings. The maximum Gasteiger partial charge on any atom is -0.0109 e. The van der Waals surface area contributed by atoms with Crippen LogP contribution < -0.4 is 0 Å². The SMILES string of the molecule is C=Cc1c(CCC)c(C)cc2ccccc12. The van der Waals surface area contributed by atoms with Crippen molar-refractivity contribution in [3.8, 4) is 0 Å². The number of rotatable bonds is 3. The molecule has 0 radical (unpaired) electrons. The average Bonchev–Trinajstić information content (AvgIpc) is 2.30. The number of hydrogen-bond acceptors (Lipinski definition) is 0. The minimum atomic E-state index is 1.14. The number of fused-ring (bicyclic) bond motifs is 1. The molecule has 0 bridgehead atoms. The van der Waals surface area contributed by atoms with Crippen LogP contribution in [0.25, 0.3) is 16.8 Å². The highest BCUT2D eigenvalue weighted by atomic mass is 14.1. The average molecular weight is 210 g/mol. The van der Waals surface area contributed by atoms with Crippen molar-refractivity contribution in [2.45, 2.75) is 26.7 Å². The third kappa shape index (κ3) is 1.76. The smallest absolute Gasteiger partial charge is 0.0109 e. The Morgan fingerprint density at radius 3 is 2.69 bits per heavy atom. The molecule has 0 N–H and O–H groups in total. The molecular weight excluding hydrogens is 192 g/mol. The van der Waals surface area contributed by atoms with Crippen LogP contribution in [0, 0.1) is 6.92 Å². The molecule has 0 saturated heterocycles. The Hall–Kier alpha value is -1.56. The van der Waals surface area contributed by atoms with Crippen molar-refractivity contribution >= 4 is 16.8 Å². The lowest BCUT2D eigenvalue weighted by atomic mass is 9.92. The topological polar surface area (TPSA) is 0 Å². The fraction of sp³-hybridized carbons (Fsp3) is 0.250. The summed E-state index contributed by atoms with van der Waals surface area (Å²) in [6.45, 7) is 8.39. The van der Waals surface area contributed by atoms with Crippen LogP contribution in [-0.2, 0) is 6.42 Å². The molecule has 2 rings (SSSR count). The van der Waals surface area contributed by atoms with Crippen molar-refractivity contribution < 1.29 is 0 Å². The third-order valence-electron chi connectivity index (χ3n) is 3.13. The van der Waals surface area contributed by atoms with E-state index in [2.05, 4.69) is 50.8 Å². The fourth-order valence-corrected chi connectivity index (χ4v) is 2.38. The van der Waals surface area contributed by atoms with Gasteiger partial charge in [0.2, 0.25) is 0 Å². The molecule has 0 aliphatic carbocycles. The van der Waals surface area contributed by atoms with Crippen molar-refractivity contribution in [2.75, 3.05) is 0 Å². The molecule has 0 atom stereocenters. The van der Waals surface area contributed by atoms with E-state index in [0.29, 0.717) is 0 Å². The highest BCUT2D eigenvalue weighted by Gasteiger charge is 2.07. The number of hydrogen-bond donors (Lipinski definition) is 0. The largest absolute Gasteiger partial charge is 0.0984 e. The minimum absolute atomic E-state index is 1.14. The van der Waals surface area contributed by atoms with Gasteiger partial charge in [0.1, 0.15) is 0 Å². The lowest BCUT2D eigenvalue weighted by Gasteiger charge is -2.12. The Labute approximate surface area is 97.6 Å². The lowest BCUT2D eigenvalue weighted by Crippen LogP contribution is -1.94. The summed E-state index contributed by atoms with van der Waals surface area (Å²) in [6.07, 6.45) is 4.32. The second-order valence-electron chi connectivity index (χ2n) is 4.26. The maximum absolute atomic E-state index is 3.97. The Morgan fingerprint density at radius 1 is 1.25 bits per heavy atom. The molecule has 2 aromatic rings. The molecule has 82 valence electrons. The highest BCUT2D eigenvalue weighted by Crippen LogP contribution is 2.27. The molecule has 0 spiro atoms. The van der Waals surface area contributed by atoms with Gasteiger partial charge in [0.15, 0.2) is 0 Å². The summed E-state index contributed by atoms with van der Waals surface area (Å²) in [6, 6.07) is 10.8. The predicted octanol–water partition coefficient (Wildman–Crippen LogP) is 4.74. The quantitative estimate of drug-likeness (QED) is 0.686. The molecule has 0 amide bonds. The van der Waals surface area contributed by atoms with Gasteiger partial charge in [-0.1, -0.05) is 56.3 Å². The second kappa shape index (κ2) is 4.52. The van der Waals surface area contributed by atoms with Crippen LogP contribution in [0.3, 0.4) is 0 Å². The molecule has 0 aliphatic rings. The van der Waals surface area contributed by atoms with Crippen molar-refractivity contribution in [2.24, 2.45) is 0 Å². The van der Waals surface area contributed by atoms with Crippen molar-refractivity contribution in [1.29, 1.82) is 0 Å². The van der Waals surface area contributed by atoms with E-state index in [-0.39, 0.29) is 0 Å². The molecule has 0 aromatic heterocycles. The first-order valence-corrected chi connectivity index (χ1v) is 5.91. The molecule has 0 unspecified atom stereocenters. The van der Waals surface area contributed by atoms with Gasteiger partial charge in [-0.3, -0.25) is 0 Å². The van der Waals surface area contributed by atoms with Gasteiger partial charge in [-0.05, 0) is 40.8 Å². The van der Waals surface area contributed by atoms with Gasteiger partial charge in [-0.25, -0.2) is 0 Å². The Bertz CT molecular complexity index is 521. The molecule has 0 saturated carbocycles. The molecule has 0 aliphatic heterocycles. The van der Waals surface area contributed by atoms with E-state index in [0.717, 1.165) is 6.42 Å². The number of benzene rings is 2. The summed E-state index contributed by atoms with van der Waals surface area (Å²) in [5, 5.41) is 2.64. The minimum Gasteiger partial charge on any atom is -0.0984 e. The number of aryl methyl sites for hydroxylation is 1. The highest BCUT2D eigenvalue weighted by molar-refractivity contribution is 5.92. The lowest BCUT2D eigenvalue weighted by molar-refractivity contribution is 0.913. The summed E-state index contributed by atoms with van der Waals surface area (Å²) in [7, 11) is 0. The third-order valence-corrected chi connectivity index (χ3v) is 3.13. The summed E-state index contributed by atoms with van der Waals surface area (Å²) >= 11 is 0. The predicted molar refractivity (Wildman–Crippen MR) is 72.8 cm³/mol. The van der Waals surface area contributed by atoms with E-state index >= 15 is 0 Å². The van der Waals surface area contributed by atoms with E-state index in [9.17, 15) is 0 Å². The van der Waals surface area contributed by atoms with Gasteiger partial charge >= 0.3 is 0 Å². The summed E-state index contributed by atoms with van der Waals surface area (Å²) in [5.74, 6) is 0. The molecule has 0 nitrogen and oxygen atoms in total. The van der Waals surface area contributed by atoms with Crippen LogP contribution in [0.15, 0.2) is 36.9 Å². The van der Waals surface area contributed by atoms with Gasteiger partial charge in [-0.15, -0.1) is 0 Å². The first-order chi connectivity index (χ1) is 7.77. The van der Waals surface area contributed by atoms with Gasteiger partial charge in [0, 0.05) is 0 Å². The molecular formula is C16H18. The van der Waals surface area contributed by atoms with Crippen molar-refractivity contribution in [1.82, 2.24) is 0 Å². The van der Waals surface area contributed by atoms with Crippen LogP contribution >= 0.6 is 0 Å². The van der Waals surface area contributed by atoms with E-state index < -0.39 is 0 Å². The van der Waals surface area contributed by atoms with Crippen LogP contribution in [0.2, 0.25) is 0 Å². The summed E-state index contributed by atoms with van der Waals surface area (Å²) in [4.78, 5) is 0. The Balaban J connectivity index is 2.79. The van der Waals surface area contributed by atoms with Gasteiger partial charge in [0.05, 0.1) is 0 Å². The van der Waals surface area contributed by atoms with Gasteiger partial charge < -0.3 is 0 Å². The fourth-order valence-electron chi connectivity index (χ4n) is 2.38. The van der Waals surface area contributed by atoms with Gasteiger partial charge in [0.25, 0.3) is 0 Å². The Morgan fingerprint density at radius 2 is 2.00 bits per heavy atom. The zero-order chi connectivity index (χ0) is 11.5. The van der Waals surface area contributed by atoms with E-state index in [1.807, 2.05) is 6.08 Å². The van der Waals surface area contributed by atoms with Gasteiger partial charge in [-0.2, -0.15) is 0 Å². The molecule has 0 heterocycles. The Kier molecular flexibility index (Phi) is 3.09. The van der Waals surface area contributed by atoms with Crippen LogP contribution in [-0.4, -0.2) is 0 Å². The monoisotopic (exact) mass is 210 g/mol. The first-order valence-electron chi connectivity index (χ1n) is 5.91. The second-order valence-corrected chi connectivity index (χ2v) is 4.26. The zero-order valence-electron chi connectivity index (χ0n) is 10.1. The van der Waals surface area contributed by atoms with Crippen LogP contribution in [0.1, 0.15) is 30.0 Å². The van der Waals surface area contributed by atoms with E-state index in [1.165, 1.54) is 33.9 Å². The standard InChI is InChI=1S/C16H18/c1-4-8-15-12(3)11-13-9-6-7-10-16(13)14(15)5-2/h5-7,9-11H,2,4,8H2,1,3H3. The summed E-state index contributed by atoms with van der Waals surface area (Å²) in [5.41, 5.74) is 4.16. The molecule has 0 heteroatoms. The summed E-state index contributed by atoms with van der Waals surface area (Å²) < 4.78 is 0. The van der Waals surface area contributed by atoms with Crippen LogP contribution in [0.4, 0.5) is 0 Å². The zero-order valence-corrected chi connectivity index (χ0v) is 10.1. The van der Waals surface area contributed by atoms with Crippen LogP contribution in [0.5, 0.6) is 0 Å². The molecule has 16 heavy (non-hydrogen) atoms. The van der Waals surface area contributed by atoms with Crippen molar-refractivity contribution in [3.05, 3.63) is 53.6 Å². The van der Waals surface area contributed by atoms with E-state index in [4.69, 9.17) is 0 Å². The normalized spacial score (nSPS) is 10.6. The van der Waals surface area contributed by atoms with Crippen molar-refractivity contribution in [3.63, 3.8) is 0 Å².